The van der Waals surface area contributed by atoms with Gasteiger partial charge in [0.15, 0.2) is 0 Å². The molecule has 0 aliphatic heterocycles. The first-order valence-corrected chi connectivity index (χ1v) is 7.86. The number of non-ortho nitro benzene ring substituents is 1. The van der Waals surface area contributed by atoms with Crippen LogP contribution >= 0.6 is 23.2 Å². The predicted octanol–water partition coefficient (Wildman–Crippen LogP) is 3.21. The third-order valence-electron chi connectivity index (χ3n) is 3.28. The number of carbonyl (C=O) groups is 1. The molecule has 10 nitrogen and oxygen atoms in total. The molecule has 0 fully saturated rings. The molecule has 2 N–H and O–H groups in total. The predicted molar refractivity (Wildman–Crippen MR) is 97.3 cm³/mol. The summed E-state index contributed by atoms with van der Waals surface area (Å²) in [6.07, 6.45) is 0.656. The summed E-state index contributed by atoms with van der Waals surface area (Å²) in [6, 6.07) is 5.65. The van der Waals surface area contributed by atoms with Crippen LogP contribution in [0.2, 0.25) is 10.0 Å². The van der Waals surface area contributed by atoms with Crippen LogP contribution in [-0.2, 0) is 11.2 Å². The van der Waals surface area contributed by atoms with E-state index < -0.39 is 33.5 Å². The molecule has 0 heterocycles. The smallest absolute Gasteiger partial charge is 0.279 e. The van der Waals surface area contributed by atoms with E-state index in [9.17, 15) is 30.1 Å². The summed E-state index contributed by atoms with van der Waals surface area (Å²) >= 11 is 11.6. The molecule has 0 aromatic heterocycles. The Morgan fingerprint density at radius 3 is 2.52 bits per heavy atom. The monoisotopic (exact) mass is 412 g/mol. The highest BCUT2D eigenvalue weighted by atomic mass is 35.5. The number of hydrogen-bond donors (Lipinski definition) is 2. The Hall–Kier alpha value is -3.24. The van der Waals surface area contributed by atoms with Crippen LogP contribution in [0.1, 0.15) is 11.1 Å². The highest BCUT2D eigenvalue weighted by Gasteiger charge is 2.21. The van der Waals surface area contributed by atoms with Crippen molar-refractivity contribution in [1.29, 1.82) is 0 Å². The fraction of sp³-hybridized carbons (Fsp3) is 0.0667. The van der Waals surface area contributed by atoms with Gasteiger partial charge in [-0.3, -0.25) is 25.0 Å². The van der Waals surface area contributed by atoms with Crippen molar-refractivity contribution in [1.82, 2.24) is 5.43 Å². The van der Waals surface area contributed by atoms with Crippen LogP contribution in [-0.4, -0.2) is 27.1 Å². The summed E-state index contributed by atoms with van der Waals surface area (Å²) in [7, 11) is 0. The zero-order valence-corrected chi connectivity index (χ0v) is 14.8. The first-order valence-electron chi connectivity index (χ1n) is 7.10. The van der Waals surface area contributed by atoms with Crippen molar-refractivity contribution in [3.8, 4) is 5.75 Å². The number of rotatable bonds is 6. The van der Waals surface area contributed by atoms with Crippen molar-refractivity contribution in [3.63, 3.8) is 0 Å². The number of benzene rings is 2. The maximum atomic E-state index is 11.9. The van der Waals surface area contributed by atoms with Gasteiger partial charge in [-0.1, -0.05) is 23.2 Å². The Morgan fingerprint density at radius 1 is 1.19 bits per heavy atom. The van der Waals surface area contributed by atoms with Crippen molar-refractivity contribution in [2.24, 2.45) is 5.10 Å². The van der Waals surface area contributed by atoms with E-state index in [2.05, 4.69) is 10.5 Å². The number of carbonyl (C=O) groups excluding carboxylic acids is 1. The van der Waals surface area contributed by atoms with Crippen LogP contribution in [0, 0.1) is 20.2 Å². The zero-order chi connectivity index (χ0) is 20.1. The van der Waals surface area contributed by atoms with Gasteiger partial charge in [0, 0.05) is 22.2 Å². The Kier molecular flexibility index (Phi) is 6.27. The fourth-order valence-electron chi connectivity index (χ4n) is 2.06. The fourth-order valence-corrected chi connectivity index (χ4v) is 2.57. The van der Waals surface area contributed by atoms with E-state index in [-0.39, 0.29) is 26.9 Å². The number of hydrazone groups is 1. The molecule has 2 aromatic carbocycles. The van der Waals surface area contributed by atoms with E-state index in [1.165, 1.54) is 12.1 Å². The van der Waals surface area contributed by atoms with Gasteiger partial charge in [0.1, 0.15) is 5.75 Å². The minimum atomic E-state index is -0.815. The highest BCUT2D eigenvalue weighted by molar-refractivity contribution is 6.36. The van der Waals surface area contributed by atoms with Gasteiger partial charge in [-0.2, -0.15) is 5.10 Å². The molecule has 140 valence electrons. The molecule has 0 radical (unpaired) electrons. The average molecular weight is 413 g/mol. The number of halogens is 2. The normalized spacial score (nSPS) is 10.7. The summed E-state index contributed by atoms with van der Waals surface area (Å²) in [6.45, 7) is 0. The van der Waals surface area contributed by atoms with E-state index in [1.807, 2.05) is 0 Å². The number of aromatic hydroxyl groups is 1. The molecule has 0 saturated heterocycles. The molecule has 12 heteroatoms. The van der Waals surface area contributed by atoms with Crippen molar-refractivity contribution in [3.05, 3.63) is 71.7 Å². The van der Waals surface area contributed by atoms with Gasteiger partial charge in [0.2, 0.25) is 5.91 Å². The first kappa shape index (κ1) is 20.1. The summed E-state index contributed by atoms with van der Waals surface area (Å²) in [5, 5.41) is 35.4. The van der Waals surface area contributed by atoms with Crippen LogP contribution in [0.15, 0.2) is 35.4 Å². The first-order chi connectivity index (χ1) is 12.7. The minimum absolute atomic E-state index is 0.00298. The number of phenols is 1. The highest BCUT2D eigenvalue weighted by Crippen LogP contribution is 2.30. The molecular formula is C15H10Cl2N4O6. The summed E-state index contributed by atoms with van der Waals surface area (Å²) in [5.74, 6) is -0.999. The Labute approximate surface area is 161 Å². The van der Waals surface area contributed by atoms with E-state index in [0.717, 1.165) is 24.4 Å². The number of nitro groups is 2. The lowest BCUT2D eigenvalue weighted by molar-refractivity contribution is -0.394. The van der Waals surface area contributed by atoms with Crippen LogP contribution in [0.4, 0.5) is 11.4 Å². The molecule has 27 heavy (non-hydrogen) atoms. The van der Waals surface area contributed by atoms with Crippen LogP contribution < -0.4 is 5.43 Å². The molecule has 0 spiro atoms. The van der Waals surface area contributed by atoms with Crippen molar-refractivity contribution < 1.29 is 19.7 Å². The van der Waals surface area contributed by atoms with Crippen molar-refractivity contribution in [2.75, 3.05) is 0 Å². The molecule has 1 amide bonds. The third-order valence-corrected chi connectivity index (χ3v) is 3.78. The standard InChI is InChI=1S/C15H10Cl2N4O6/c16-10-3-9(15(23)12(17)5-10)7-18-19-14(22)4-8-1-2-11(20(24)25)6-13(8)21(26)27/h1-3,5-7,23H,4H2,(H,19,22). The molecule has 0 unspecified atom stereocenters. The van der Waals surface area contributed by atoms with Gasteiger partial charge in [0.25, 0.3) is 11.4 Å². The second kappa shape index (κ2) is 8.43. The number of hydrogen-bond acceptors (Lipinski definition) is 7. The Balaban J connectivity index is 2.12. The van der Waals surface area contributed by atoms with Gasteiger partial charge >= 0.3 is 0 Å². The third kappa shape index (κ3) is 5.12. The summed E-state index contributed by atoms with van der Waals surface area (Å²) in [5.41, 5.74) is 1.24. The number of amides is 1. The molecule has 0 atom stereocenters. The number of nitro benzene ring substituents is 2. The zero-order valence-electron chi connectivity index (χ0n) is 13.3. The largest absolute Gasteiger partial charge is 0.506 e. The Bertz CT molecular complexity index is 964. The number of phenolic OH excluding ortho intramolecular Hbond substituents is 1. The molecule has 2 aromatic rings. The van der Waals surface area contributed by atoms with Gasteiger partial charge in [-0.05, 0) is 18.2 Å². The van der Waals surface area contributed by atoms with Crippen LogP contribution in [0.3, 0.4) is 0 Å². The van der Waals surface area contributed by atoms with E-state index in [4.69, 9.17) is 23.2 Å². The van der Waals surface area contributed by atoms with Crippen molar-refractivity contribution in [2.45, 2.75) is 6.42 Å². The maximum Gasteiger partial charge on any atom is 0.279 e. The van der Waals surface area contributed by atoms with Gasteiger partial charge in [-0.25, -0.2) is 5.43 Å². The average Bonchev–Trinajstić information content (AvgIpc) is 2.58. The molecule has 0 aliphatic rings. The lowest BCUT2D eigenvalue weighted by atomic mass is 10.1. The van der Waals surface area contributed by atoms with Crippen molar-refractivity contribution >= 4 is 46.7 Å². The van der Waals surface area contributed by atoms with Gasteiger partial charge < -0.3 is 5.11 Å². The second-order valence-corrected chi connectivity index (χ2v) is 5.97. The maximum absolute atomic E-state index is 11.9. The SMILES string of the molecule is O=C(Cc1ccc([N+](=O)[O-])cc1[N+](=O)[O-])NN=Cc1cc(Cl)cc(Cl)c1O. The Morgan fingerprint density at radius 2 is 1.89 bits per heavy atom. The van der Waals surface area contributed by atoms with E-state index in [1.54, 1.807) is 0 Å². The minimum Gasteiger partial charge on any atom is -0.506 e. The molecule has 0 bridgehead atoms. The number of nitrogens with zero attached hydrogens (tertiary/aromatic N) is 3. The van der Waals surface area contributed by atoms with Gasteiger partial charge in [-0.15, -0.1) is 0 Å². The van der Waals surface area contributed by atoms with Crippen LogP contribution in [0.5, 0.6) is 5.75 Å². The van der Waals surface area contributed by atoms with E-state index >= 15 is 0 Å². The number of nitrogens with one attached hydrogen (secondary N) is 1. The van der Waals surface area contributed by atoms with E-state index in [0.29, 0.717) is 0 Å². The molecule has 0 aliphatic carbocycles. The van der Waals surface area contributed by atoms with Gasteiger partial charge in [0.05, 0.1) is 33.6 Å². The molecular weight excluding hydrogens is 403 g/mol. The summed E-state index contributed by atoms with van der Waals surface area (Å²) < 4.78 is 0. The quantitative estimate of drug-likeness (QED) is 0.422. The second-order valence-electron chi connectivity index (χ2n) is 5.12. The topological polar surface area (TPSA) is 148 Å². The summed E-state index contributed by atoms with van der Waals surface area (Å²) in [4.78, 5) is 32.1. The lowest BCUT2D eigenvalue weighted by Crippen LogP contribution is -2.20. The lowest BCUT2D eigenvalue weighted by Gasteiger charge is -2.04. The molecule has 0 saturated carbocycles. The molecule has 2 rings (SSSR count). The van der Waals surface area contributed by atoms with Crippen LogP contribution in [0.25, 0.3) is 0 Å².